The van der Waals surface area contributed by atoms with Crippen molar-refractivity contribution in [3.05, 3.63) is 53.8 Å². The SMILES string of the molecule is Nc1ccc(SCc2ccccc2OC(F)F)c(F)c1. The summed E-state index contributed by atoms with van der Waals surface area (Å²) < 4.78 is 42.6. The minimum absolute atomic E-state index is 0.103. The van der Waals surface area contributed by atoms with Crippen molar-refractivity contribution >= 4 is 17.4 Å². The van der Waals surface area contributed by atoms with Crippen LogP contribution in [0.2, 0.25) is 0 Å². The lowest BCUT2D eigenvalue weighted by Crippen LogP contribution is -2.03. The molecule has 106 valence electrons. The number of para-hydroxylation sites is 1. The van der Waals surface area contributed by atoms with Crippen molar-refractivity contribution in [2.45, 2.75) is 17.3 Å². The van der Waals surface area contributed by atoms with Gasteiger partial charge in [0, 0.05) is 21.9 Å². The quantitative estimate of drug-likeness (QED) is 0.660. The van der Waals surface area contributed by atoms with E-state index >= 15 is 0 Å². The predicted octanol–water partition coefficient (Wildman–Crippen LogP) is 4.30. The molecule has 6 heteroatoms. The van der Waals surface area contributed by atoms with Gasteiger partial charge in [0.05, 0.1) is 0 Å². The number of thioether (sulfide) groups is 1. The third-order valence-corrected chi connectivity index (χ3v) is 3.63. The lowest BCUT2D eigenvalue weighted by Gasteiger charge is -2.10. The van der Waals surface area contributed by atoms with Gasteiger partial charge in [0.1, 0.15) is 11.6 Å². The van der Waals surface area contributed by atoms with Crippen molar-refractivity contribution in [2.24, 2.45) is 0 Å². The Morgan fingerprint density at radius 3 is 2.60 bits per heavy atom. The van der Waals surface area contributed by atoms with E-state index in [4.69, 9.17) is 5.73 Å². The van der Waals surface area contributed by atoms with Crippen molar-refractivity contribution in [2.75, 3.05) is 5.73 Å². The van der Waals surface area contributed by atoms with Gasteiger partial charge in [0.15, 0.2) is 0 Å². The van der Waals surface area contributed by atoms with Gasteiger partial charge in [-0.3, -0.25) is 0 Å². The highest BCUT2D eigenvalue weighted by molar-refractivity contribution is 7.98. The van der Waals surface area contributed by atoms with Gasteiger partial charge in [-0.15, -0.1) is 11.8 Å². The molecule has 2 aromatic carbocycles. The predicted molar refractivity (Wildman–Crippen MR) is 73.4 cm³/mol. The maximum absolute atomic E-state index is 13.6. The summed E-state index contributed by atoms with van der Waals surface area (Å²) in [5, 5.41) is 0. The minimum Gasteiger partial charge on any atom is -0.435 e. The Labute approximate surface area is 118 Å². The monoisotopic (exact) mass is 299 g/mol. The highest BCUT2D eigenvalue weighted by atomic mass is 32.2. The standard InChI is InChI=1S/C14H12F3NOS/c15-11-7-10(18)5-6-13(11)20-8-9-3-1-2-4-12(9)19-14(16)17/h1-7,14H,8,18H2. The number of ether oxygens (including phenoxy) is 1. The van der Waals surface area contributed by atoms with Gasteiger partial charge in [-0.05, 0) is 24.3 Å². The zero-order valence-electron chi connectivity index (χ0n) is 10.4. The number of alkyl halides is 2. The molecule has 0 unspecified atom stereocenters. The summed E-state index contributed by atoms with van der Waals surface area (Å²) in [6.07, 6.45) is 0. The fraction of sp³-hybridized carbons (Fsp3) is 0.143. The number of halogens is 3. The van der Waals surface area contributed by atoms with E-state index in [-0.39, 0.29) is 5.75 Å². The van der Waals surface area contributed by atoms with Crippen LogP contribution in [0.25, 0.3) is 0 Å². The molecule has 0 saturated heterocycles. The van der Waals surface area contributed by atoms with Crippen molar-refractivity contribution in [3.8, 4) is 5.75 Å². The molecule has 0 aliphatic heterocycles. The van der Waals surface area contributed by atoms with E-state index in [1.165, 1.54) is 23.9 Å². The van der Waals surface area contributed by atoms with Crippen LogP contribution in [0, 0.1) is 5.82 Å². The average Bonchev–Trinajstić information content (AvgIpc) is 2.39. The molecule has 0 aliphatic carbocycles. The highest BCUT2D eigenvalue weighted by Gasteiger charge is 2.10. The fourth-order valence-electron chi connectivity index (χ4n) is 1.62. The van der Waals surface area contributed by atoms with Gasteiger partial charge < -0.3 is 10.5 Å². The molecule has 0 heterocycles. The maximum atomic E-state index is 13.6. The van der Waals surface area contributed by atoms with Crippen LogP contribution in [0.3, 0.4) is 0 Å². The Morgan fingerprint density at radius 1 is 1.15 bits per heavy atom. The zero-order valence-corrected chi connectivity index (χ0v) is 11.2. The summed E-state index contributed by atoms with van der Waals surface area (Å²) in [7, 11) is 0. The first-order valence-electron chi connectivity index (χ1n) is 5.77. The fourth-order valence-corrected chi connectivity index (χ4v) is 2.53. The number of benzene rings is 2. The van der Waals surface area contributed by atoms with Gasteiger partial charge in [-0.25, -0.2) is 4.39 Å². The largest absolute Gasteiger partial charge is 0.435 e. The Hall–Kier alpha value is -1.82. The third-order valence-electron chi connectivity index (χ3n) is 2.53. The molecule has 0 bridgehead atoms. The van der Waals surface area contributed by atoms with Crippen molar-refractivity contribution in [3.63, 3.8) is 0 Å². The molecule has 0 atom stereocenters. The topological polar surface area (TPSA) is 35.2 Å². The number of nitrogens with two attached hydrogens (primary N) is 1. The van der Waals surface area contributed by atoms with Gasteiger partial charge in [-0.2, -0.15) is 8.78 Å². The van der Waals surface area contributed by atoms with Crippen LogP contribution in [0.4, 0.5) is 18.9 Å². The van der Waals surface area contributed by atoms with Crippen LogP contribution >= 0.6 is 11.8 Å². The number of hydrogen-bond acceptors (Lipinski definition) is 3. The summed E-state index contributed by atoms with van der Waals surface area (Å²) in [5.74, 6) is -0.00268. The van der Waals surface area contributed by atoms with Gasteiger partial charge >= 0.3 is 6.61 Å². The molecule has 0 amide bonds. The Morgan fingerprint density at radius 2 is 1.90 bits per heavy atom. The molecular weight excluding hydrogens is 287 g/mol. The van der Waals surface area contributed by atoms with E-state index in [0.717, 1.165) is 0 Å². The number of anilines is 1. The molecule has 2 nitrogen and oxygen atoms in total. The smallest absolute Gasteiger partial charge is 0.387 e. The lowest BCUT2D eigenvalue weighted by molar-refractivity contribution is -0.0503. The Balaban J connectivity index is 2.10. The van der Waals surface area contributed by atoms with E-state index in [9.17, 15) is 13.2 Å². The molecule has 0 saturated carbocycles. The summed E-state index contributed by atoms with van der Waals surface area (Å²) in [6, 6.07) is 10.8. The molecule has 0 fully saturated rings. The van der Waals surface area contributed by atoms with Crippen LogP contribution in [0.15, 0.2) is 47.4 Å². The van der Waals surface area contributed by atoms with Crippen molar-refractivity contribution < 1.29 is 17.9 Å². The number of rotatable bonds is 5. The minimum atomic E-state index is -2.88. The van der Waals surface area contributed by atoms with Crippen LogP contribution in [0.5, 0.6) is 5.75 Å². The second kappa shape index (κ2) is 6.56. The first-order chi connectivity index (χ1) is 9.56. The Kier molecular flexibility index (Phi) is 4.79. The third kappa shape index (κ3) is 3.84. The van der Waals surface area contributed by atoms with E-state index in [2.05, 4.69) is 4.74 Å². The molecule has 2 rings (SSSR count). The molecule has 2 aromatic rings. The molecule has 0 aromatic heterocycles. The molecule has 0 radical (unpaired) electrons. The first-order valence-corrected chi connectivity index (χ1v) is 6.75. The second-order valence-electron chi connectivity index (χ2n) is 3.96. The van der Waals surface area contributed by atoms with Crippen LogP contribution in [-0.2, 0) is 5.75 Å². The van der Waals surface area contributed by atoms with Gasteiger partial charge in [-0.1, -0.05) is 18.2 Å². The number of hydrogen-bond donors (Lipinski definition) is 1. The Bertz CT molecular complexity index is 592. The summed E-state index contributed by atoms with van der Waals surface area (Å²) >= 11 is 1.19. The van der Waals surface area contributed by atoms with Crippen LogP contribution in [0.1, 0.15) is 5.56 Å². The zero-order chi connectivity index (χ0) is 14.5. The van der Waals surface area contributed by atoms with Crippen molar-refractivity contribution in [1.82, 2.24) is 0 Å². The average molecular weight is 299 g/mol. The molecule has 20 heavy (non-hydrogen) atoms. The van der Waals surface area contributed by atoms with E-state index in [1.54, 1.807) is 30.3 Å². The second-order valence-corrected chi connectivity index (χ2v) is 4.98. The molecule has 0 spiro atoms. The summed E-state index contributed by atoms with van der Waals surface area (Å²) in [5.41, 5.74) is 6.38. The maximum Gasteiger partial charge on any atom is 0.387 e. The first kappa shape index (κ1) is 14.6. The van der Waals surface area contributed by atoms with E-state index in [1.807, 2.05) is 0 Å². The van der Waals surface area contributed by atoms with Crippen LogP contribution < -0.4 is 10.5 Å². The van der Waals surface area contributed by atoms with Crippen LogP contribution in [-0.4, -0.2) is 6.61 Å². The van der Waals surface area contributed by atoms with E-state index < -0.39 is 12.4 Å². The summed E-state index contributed by atoms with van der Waals surface area (Å²) in [4.78, 5) is 0.408. The van der Waals surface area contributed by atoms with Gasteiger partial charge in [0.2, 0.25) is 0 Å². The molecule has 0 aliphatic rings. The molecular formula is C14H12F3NOS. The van der Waals surface area contributed by atoms with E-state index in [0.29, 0.717) is 21.9 Å². The number of nitrogen functional groups attached to an aromatic ring is 1. The lowest BCUT2D eigenvalue weighted by atomic mass is 10.2. The highest BCUT2D eigenvalue weighted by Crippen LogP contribution is 2.30. The van der Waals surface area contributed by atoms with Crippen molar-refractivity contribution in [1.29, 1.82) is 0 Å². The normalized spacial score (nSPS) is 10.8. The summed E-state index contributed by atoms with van der Waals surface area (Å²) in [6.45, 7) is -2.88. The van der Waals surface area contributed by atoms with Gasteiger partial charge in [0.25, 0.3) is 0 Å². The molecule has 2 N–H and O–H groups in total.